The van der Waals surface area contributed by atoms with Crippen LogP contribution in [0.25, 0.3) is 11.1 Å². The molecule has 0 aliphatic heterocycles. The van der Waals surface area contributed by atoms with E-state index in [1.807, 2.05) is 49.4 Å². The van der Waals surface area contributed by atoms with Crippen molar-refractivity contribution in [1.82, 2.24) is 15.3 Å². The van der Waals surface area contributed by atoms with Crippen molar-refractivity contribution >= 4 is 5.91 Å². The predicted molar refractivity (Wildman–Crippen MR) is 110 cm³/mol. The Morgan fingerprint density at radius 3 is 2.64 bits per heavy atom. The lowest BCUT2D eigenvalue weighted by molar-refractivity contribution is 0.0782. The summed E-state index contributed by atoms with van der Waals surface area (Å²) in [5, 5.41) is 13.2. The van der Waals surface area contributed by atoms with Gasteiger partial charge < -0.3 is 10.4 Å². The molecule has 144 valence electrons. The van der Waals surface area contributed by atoms with Crippen molar-refractivity contribution in [2.45, 2.75) is 38.8 Å². The molecule has 1 amide bonds. The molecule has 3 aromatic rings. The van der Waals surface area contributed by atoms with Gasteiger partial charge in [-0.15, -0.1) is 0 Å². The topological polar surface area (TPSA) is 75.1 Å². The highest BCUT2D eigenvalue weighted by molar-refractivity contribution is 5.95. The van der Waals surface area contributed by atoms with Gasteiger partial charge in [0, 0.05) is 53.4 Å². The Hall–Kier alpha value is -3.05. The minimum Gasteiger partial charge on any atom is -0.386 e. The summed E-state index contributed by atoms with van der Waals surface area (Å²) < 4.78 is 0. The van der Waals surface area contributed by atoms with E-state index in [0.717, 1.165) is 22.4 Å². The van der Waals surface area contributed by atoms with Gasteiger partial charge in [0.15, 0.2) is 0 Å². The third-order valence-corrected chi connectivity index (χ3v) is 4.52. The molecule has 5 heteroatoms. The zero-order valence-electron chi connectivity index (χ0n) is 16.4. The summed E-state index contributed by atoms with van der Waals surface area (Å²) in [5.41, 5.74) is 3.01. The first-order chi connectivity index (χ1) is 13.3. The van der Waals surface area contributed by atoms with E-state index < -0.39 is 5.60 Å². The maximum absolute atomic E-state index is 12.7. The lowest BCUT2D eigenvalue weighted by Crippen LogP contribution is -2.34. The summed E-state index contributed by atoms with van der Waals surface area (Å²) in [5.74, 6) is -0.128. The SMILES string of the molecule is C[C@@H](Cc1ccccn1)NC(=O)c1cccc(-c2cncc(C(C)(C)O)c2)c1. The van der Waals surface area contributed by atoms with Gasteiger partial charge in [-0.3, -0.25) is 14.8 Å². The monoisotopic (exact) mass is 375 g/mol. The molecule has 0 bridgehead atoms. The molecule has 0 aliphatic carbocycles. The number of aliphatic hydroxyl groups is 1. The van der Waals surface area contributed by atoms with E-state index >= 15 is 0 Å². The van der Waals surface area contributed by atoms with Gasteiger partial charge >= 0.3 is 0 Å². The summed E-state index contributed by atoms with van der Waals surface area (Å²) in [6.45, 7) is 5.41. The molecule has 3 rings (SSSR count). The van der Waals surface area contributed by atoms with E-state index in [9.17, 15) is 9.90 Å². The van der Waals surface area contributed by atoms with Crippen LogP contribution in [0.2, 0.25) is 0 Å². The van der Waals surface area contributed by atoms with Crippen LogP contribution in [0.5, 0.6) is 0 Å². The van der Waals surface area contributed by atoms with Gasteiger partial charge in [0.25, 0.3) is 5.91 Å². The second kappa shape index (κ2) is 8.31. The number of pyridine rings is 2. The van der Waals surface area contributed by atoms with Gasteiger partial charge in [-0.05, 0) is 56.7 Å². The quantitative estimate of drug-likeness (QED) is 0.688. The van der Waals surface area contributed by atoms with Crippen LogP contribution in [0.1, 0.15) is 42.4 Å². The fourth-order valence-corrected chi connectivity index (χ4v) is 2.96. The van der Waals surface area contributed by atoms with E-state index in [2.05, 4.69) is 15.3 Å². The second-order valence-corrected chi connectivity index (χ2v) is 7.50. The minimum absolute atomic E-state index is 0.0359. The van der Waals surface area contributed by atoms with Gasteiger partial charge in [-0.2, -0.15) is 0 Å². The third-order valence-electron chi connectivity index (χ3n) is 4.52. The van der Waals surface area contributed by atoms with Crippen molar-refractivity contribution in [1.29, 1.82) is 0 Å². The maximum Gasteiger partial charge on any atom is 0.251 e. The van der Waals surface area contributed by atoms with Crippen molar-refractivity contribution in [3.63, 3.8) is 0 Å². The fraction of sp³-hybridized carbons (Fsp3) is 0.261. The standard InChI is InChI=1S/C23H25N3O2/c1-16(11-21-9-4-5-10-25-21)26-22(27)18-8-6-7-17(12-18)19-13-20(15-24-14-19)23(2,3)28/h4-10,12-16,28H,11H2,1-3H3,(H,26,27)/t16-/m0/s1. The lowest BCUT2D eigenvalue weighted by Gasteiger charge is -2.18. The zero-order valence-corrected chi connectivity index (χ0v) is 16.4. The molecule has 2 N–H and O–H groups in total. The number of benzene rings is 1. The zero-order chi connectivity index (χ0) is 20.1. The summed E-state index contributed by atoms with van der Waals surface area (Å²) in [6.07, 6.45) is 5.81. The molecule has 0 radical (unpaired) electrons. The first kappa shape index (κ1) is 19.7. The molecule has 0 saturated carbocycles. The average molecular weight is 375 g/mol. The Bertz CT molecular complexity index is 949. The van der Waals surface area contributed by atoms with Crippen LogP contribution in [-0.4, -0.2) is 27.0 Å². The number of carbonyl (C=O) groups is 1. The molecule has 2 heterocycles. The lowest BCUT2D eigenvalue weighted by atomic mass is 9.96. The third kappa shape index (κ3) is 5.02. The largest absolute Gasteiger partial charge is 0.386 e. The molecule has 28 heavy (non-hydrogen) atoms. The molecule has 0 spiro atoms. The number of nitrogens with zero attached hydrogens (tertiary/aromatic N) is 2. The van der Waals surface area contributed by atoms with Crippen molar-refractivity contribution in [2.24, 2.45) is 0 Å². The van der Waals surface area contributed by atoms with E-state index in [0.29, 0.717) is 12.0 Å². The molecule has 0 saturated heterocycles. The first-order valence-corrected chi connectivity index (χ1v) is 9.32. The van der Waals surface area contributed by atoms with Gasteiger partial charge in [0.2, 0.25) is 0 Å². The fourth-order valence-electron chi connectivity index (χ4n) is 2.96. The Kier molecular flexibility index (Phi) is 5.85. The first-order valence-electron chi connectivity index (χ1n) is 9.32. The molecule has 1 aromatic carbocycles. The second-order valence-electron chi connectivity index (χ2n) is 7.50. The van der Waals surface area contributed by atoms with Crippen molar-refractivity contribution in [2.75, 3.05) is 0 Å². The van der Waals surface area contributed by atoms with Crippen LogP contribution in [0.4, 0.5) is 0 Å². The number of aromatic nitrogens is 2. The number of amides is 1. The summed E-state index contributed by atoms with van der Waals surface area (Å²) in [4.78, 5) is 21.2. The van der Waals surface area contributed by atoms with Crippen LogP contribution in [-0.2, 0) is 12.0 Å². The normalized spacial score (nSPS) is 12.4. The molecule has 0 unspecified atom stereocenters. The van der Waals surface area contributed by atoms with E-state index in [-0.39, 0.29) is 11.9 Å². The molecular weight excluding hydrogens is 350 g/mol. The Morgan fingerprint density at radius 1 is 1.11 bits per heavy atom. The Morgan fingerprint density at radius 2 is 1.93 bits per heavy atom. The molecular formula is C23H25N3O2. The molecule has 0 fully saturated rings. The average Bonchev–Trinajstić information content (AvgIpc) is 2.68. The highest BCUT2D eigenvalue weighted by Crippen LogP contribution is 2.25. The number of nitrogens with one attached hydrogen (secondary N) is 1. The van der Waals surface area contributed by atoms with Gasteiger partial charge in [-0.25, -0.2) is 0 Å². The van der Waals surface area contributed by atoms with Crippen LogP contribution < -0.4 is 5.32 Å². The Balaban J connectivity index is 1.75. The van der Waals surface area contributed by atoms with Gasteiger partial charge in [0.1, 0.15) is 0 Å². The number of rotatable bonds is 6. The van der Waals surface area contributed by atoms with Crippen molar-refractivity contribution < 1.29 is 9.90 Å². The van der Waals surface area contributed by atoms with E-state index in [1.165, 1.54) is 0 Å². The van der Waals surface area contributed by atoms with Crippen LogP contribution in [0, 0.1) is 0 Å². The van der Waals surface area contributed by atoms with Gasteiger partial charge in [0.05, 0.1) is 5.60 Å². The molecule has 2 aromatic heterocycles. The van der Waals surface area contributed by atoms with Crippen LogP contribution >= 0.6 is 0 Å². The molecule has 0 aliphatic rings. The maximum atomic E-state index is 12.7. The van der Waals surface area contributed by atoms with Crippen molar-refractivity contribution in [3.05, 3.63) is 83.9 Å². The summed E-state index contributed by atoms with van der Waals surface area (Å²) in [7, 11) is 0. The smallest absolute Gasteiger partial charge is 0.251 e. The van der Waals surface area contributed by atoms with Crippen molar-refractivity contribution in [3.8, 4) is 11.1 Å². The number of hydrogen-bond acceptors (Lipinski definition) is 4. The number of hydrogen-bond donors (Lipinski definition) is 2. The minimum atomic E-state index is -0.973. The molecule has 1 atom stereocenters. The Labute approximate surface area is 165 Å². The van der Waals surface area contributed by atoms with E-state index in [1.54, 1.807) is 38.5 Å². The van der Waals surface area contributed by atoms with Gasteiger partial charge in [-0.1, -0.05) is 18.2 Å². The number of carbonyl (C=O) groups excluding carboxylic acids is 1. The van der Waals surface area contributed by atoms with Crippen LogP contribution in [0.3, 0.4) is 0 Å². The highest BCUT2D eigenvalue weighted by atomic mass is 16.3. The van der Waals surface area contributed by atoms with E-state index in [4.69, 9.17) is 0 Å². The predicted octanol–water partition coefficient (Wildman–Crippen LogP) is 3.73. The molecule has 5 nitrogen and oxygen atoms in total. The summed E-state index contributed by atoms with van der Waals surface area (Å²) in [6, 6.07) is 15.0. The van der Waals surface area contributed by atoms with Crippen LogP contribution in [0.15, 0.2) is 67.1 Å². The highest BCUT2D eigenvalue weighted by Gasteiger charge is 2.17. The summed E-state index contributed by atoms with van der Waals surface area (Å²) >= 11 is 0.